The molecule has 1 amide bonds. The zero-order valence-corrected chi connectivity index (χ0v) is 10.2. The molecule has 5 nitrogen and oxygen atoms in total. The molecule has 0 spiro atoms. The van der Waals surface area contributed by atoms with Crippen LogP contribution in [0.3, 0.4) is 0 Å². The van der Waals surface area contributed by atoms with E-state index in [1.165, 1.54) is 0 Å². The Labute approximate surface area is 106 Å². The van der Waals surface area contributed by atoms with Crippen LogP contribution < -0.4 is 5.32 Å². The molecule has 0 aromatic carbocycles. The number of carbonyl (C=O) groups is 1. The Morgan fingerprint density at radius 2 is 2.28 bits per heavy atom. The number of aromatic nitrogens is 1. The van der Waals surface area contributed by atoms with Crippen LogP contribution in [0.2, 0.25) is 0 Å². The van der Waals surface area contributed by atoms with Gasteiger partial charge in [-0.3, -0.25) is 4.79 Å². The first-order chi connectivity index (χ1) is 8.79. The SMILES string of the molecule is N#Cc1cc(CNCC(=O)N2CCCC2)ccn1. The Kier molecular flexibility index (Phi) is 4.26. The first-order valence-electron chi connectivity index (χ1n) is 6.13. The van der Waals surface area contributed by atoms with Gasteiger partial charge in [0.25, 0.3) is 0 Å². The Morgan fingerprint density at radius 1 is 1.50 bits per heavy atom. The maximum absolute atomic E-state index is 11.8. The minimum Gasteiger partial charge on any atom is -0.342 e. The number of carbonyl (C=O) groups excluding carboxylic acids is 1. The molecule has 0 aliphatic carbocycles. The van der Waals surface area contributed by atoms with Crippen molar-refractivity contribution >= 4 is 5.91 Å². The molecule has 0 saturated carbocycles. The van der Waals surface area contributed by atoms with Crippen LogP contribution >= 0.6 is 0 Å². The van der Waals surface area contributed by atoms with E-state index in [0.717, 1.165) is 31.5 Å². The van der Waals surface area contributed by atoms with Crippen LogP contribution in [0.5, 0.6) is 0 Å². The second-order valence-electron chi connectivity index (χ2n) is 4.35. The third-order valence-corrected chi connectivity index (χ3v) is 3.00. The molecule has 94 valence electrons. The van der Waals surface area contributed by atoms with Gasteiger partial charge >= 0.3 is 0 Å². The van der Waals surface area contributed by atoms with E-state index in [1.54, 1.807) is 12.3 Å². The Balaban J connectivity index is 1.77. The lowest BCUT2D eigenvalue weighted by molar-refractivity contribution is -0.129. The molecule has 1 aliphatic heterocycles. The Bertz CT molecular complexity index is 460. The van der Waals surface area contributed by atoms with Crippen molar-refractivity contribution in [3.05, 3.63) is 29.6 Å². The molecule has 1 N–H and O–H groups in total. The minimum absolute atomic E-state index is 0.155. The van der Waals surface area contributed by atoms with Crippen LogP contribution in [-0.2, 0) is 11.3 Å². The van der Waals surface area contributed by atoms with Crippen molar-refractivity contribution in [3.63, 3.8) is 0 Å². The molecule has 1 aromatic heterocycles. The minimum atomic E-state index is 0.155. The third kappa shape index (κ3) is 3.28. The smallest absolute Gasteiger partial charge is 0.236 e. The first-order valence-corrected chi connectivity index (χ1v) is 6.13. The van der Waals surface area contributed by atoms with E-state index in [4.69, 9.17) is 5.26 Å². The van der Waals surface area contributed by atoms with Crippen molar-refractivity contribution in [1.29, 1.82) is 5.26 Å². The molecule has 0 bridgehead atoms. The number of hydrogen-bond donors (Lipinski definition) is 1. The van der Waals surface area contributed by atoms with Crippen LogP contribution in [0.25, 0.3) is 0 Å². The van der Waals surface area contributed by atoms with Crippen molar-refractivity contribution in [2.45, 2.75) is 19.4 Å². The van der Waals surface area contributed by atoms with Crippen molar-refractivity contribution in [2.75, 3.05) is 19.6 Å². The van der Waals surface area contributed by atoms with Crippen molar-refractivity contribution in [3.8, 4) is 6.07 Å². The van der Waals surface area contributed by atoms with Gasteiger partial charge in [0.2, 0.25) is 5.91 Å². The summed E-state index contributed by atoms with van der Waals surface area (Å²) in [6.45, 7) is 2.70. The highest BCUT2D eigenvalue weighted by molar-refractivity contribution is 5.78. The normalized spacial score (nSPS) is 14.5. The van der Waals surface area contributed by atoms with E-state index in [2.05, 4.69) is 10.3 Å². The zero-order chi connectivity index (χ0) is 12.8. The number of hydrogen-bond acceptors (Lipinski definition) is 4. The summed E-state index contributed by atoms with van der Waals surface area (Å²) in [7, 11) is 0. The lowest BCUT2D eigenvalue weighted by atomic mass is 10.2. The number of nitrogens with zero attached hydrogens (tertiary/aromatic N) is 3. The van der Waals surface area contributed by atoms with Gasteiger partial charge in [-0.2, -0.15) is 5.26 Å². The quantitative estimate of drug-likeness (QED) is 0.845. The lowest BCUT2D eigenvalue weighted by Gasteiger charge is -2.15. The van der Waals surface area contributed by atoms with Crippen LogP contribution in [0.4, 0.5) is 0 Å². The molecular formula is C13H16N4O. The average Bonchev–Trinajstić information content (AvgIpc) is 2.93. The summed E-state index contributed by atoms with van der Waals surface area (Å²) in [5.41, 5.74) is 1.37. The van der Waals surface area contributed by atoms with E-state index in [0.29, 0.717) is 18.8 Å². The Hall–Kier alpha value is -1.93. The summed E-state index contributed by atoms with van der Waals surface area (Å²) in [5, 5.41) is 11.8. The van der Waals surface area contributed by atoms with Gasteiger partial charge in [0.15, 0.2) is 0 Å². The first kappa shape index (κ1) is 12.5. The number of amides is 1. The van der Waals surface area contributed by atoms with Gasteiger partial charge in [-0.1, -0.05) is 0 Å². The van der Waals surface area contributed by atoms with E-state index >= 15 is 0 Å². The summed E-state index contributed by atoms with van der Waals surface area (Å²) in [5.74, 6) is 0.155. The highest BCUT2D eigenvalue weighted by Gasteiger charge is 2.16. The molecule has 18 heavy (non-hydrogen) atoms. The van der Waals surface area contributed by atoms with Crippen molar-refractivity contribution in [1.82, 2.24) is 15.2 Å². The molecule has 1 saturated heterocycles. The van der Waals surface area contributed by atoms with Gasteiger partial charge in [-0.25, -0.2) is 4.98 Å². The van der Waals surface area contributed by atoms with Crippen LogP contribution in [0, 0.1) is 11.3 Å². The fraction of sp³-hybridized carbons (Fsp3) is 0.462. The topological polar surface area (TPSA) is 69.0 Å². The summed E-state index contributed by atoms with van der Waals surface area (Å²) in [6.07, 6.45) is 3.83. The van der Waals surface area contributed by atoms with E-state index in [1.807, 2.05) is 17.0 Å². The Morgan fingerprint density at radius 3 is 3.00 bits per heavy atom. The maximum Gasteiger partial charge on any atom is 0.236 e. The van der Waals surface area contributed by atoms with E-state index in [9.17, 15) is 4.79 Å². The molecule has 1 fully saturated rings. The van der Waals surface area contributed by atoms with E-state index in [-0.39, 0.29) is 5.91 Å². The van der Waals surface area contributed by atoms with Gasteiger partial charge in [-0.05, 0) is 30.5 Å². The van der Waals surface area contributed by atoms with Gasteiger partial charge < -0.3 is 10.2 Å². The number of pyridine rings is 1. The molecule has 0 unspecified atom stereocenters. The van der Waals surface area contributed by atoms with Gasteiger partial charge in [-0.15, -0.1) is 0 Å². The average molecular weight is 244 g/mol. The van der Waals surface area contributed by atoms with Crippen LogP contribution in [-0.4, -0.2) is 35.4 Å². The van der Waals surface area contributed by atoms with Crippen LogP contribution in [0.15, 0.2) is 18.3 Å². The predicted molar refractivity (Wildman–Crippen MR) is 66.5 cm³/mol. The molecule has 0 radical (unpaired) electrons. The fourth-order valence-corrected chi connectivity index (χ4v) is 2.04. The number of likely N-dealkylation sites (tertiary alicyclic amines) is 1. The molecule has 5 heteroatoms. The highest BCUT2D eigenvalue weighted by Crippen LogP contribution is 2.07. The zero-order valence-electron chi connectivity index (χ0n) is 10.2. The predicted octanol–water partition coefficient (Wildman–Crippen LogP) is 0.665. The van der Waals surface area contributed by atoms with Crippen molar-refractivity contribution < 1.29 is 4.79 Å². The molecular weight excluding hydrogens is 228 g/mol. The highest BCUT2D eigenvalue weighted by atomic mass is 16.2. The molecule has 1 aromatic rings. The monoisotopic (exact) mass is 244 g/mol. The van der Waals surface area contributed by atoms with Gasteiger partial charge in [0.1, 0.15) is 11.8 Å². The molecule has 2 rings (SSSR count). The number of rotatable bonds is 4. The summed E-state index contributed by atoms with van der Waals surface area (Å²) in [4.78, 5) is 17.5. The largest absolute Gasteiger partial charge is 0.342 e. The molecule has 2 heterocycles. The number of nitriles is 1. The van der Waals surface area contributed by atoms with E-state index < -0.39 is 0 Å². The fourth-order valence-electron chi connectivity index (χ4n) is 2.04. The van der Waals surface area contributed by atoms with Gasteiger partial charge in [0.05, 0.1) is 6.54 Å². The van der Waals surface area contributed by atoms with Crippen molar-refractivity contribution in [2.24, 2.45) is 0 Å². The lowest BCUT2D eigenvalue weighted by Crippen LogP contribution is -2.35. The summed E-state index contributed by atoms with van der Waals surface area (Å²) < 4.78 is 0. The standard InChI is InChI=1S/C13H16N4O/c14-8-12-7-11(3-4-16-12)9-15-10-13(18)17-5-1-2-6-17/h3-4,7,15H,1-2,5-6,9-10H2. The van der Waals surface area contributed by atoms with Crippen LogP contribution in [0.1, 0.15) is 24.1 Å². The third-order valence-electron chi connectivity index (χ3n) is 3.00. The molecule has 1 aliphatic rings. The summed E-state index contributed by atoms with van der Waals surface area (Å²) in [6, 6.07) is 5.57. The number of nitrogens with one attached hydrogen (secondary N) is 1. The second-order valence-corrected chi connectivity index (χ2v) is 4.35. The van der Waals surface area contributed by atoms with Gasteiger partial charge in [0, 0.05) is 25.8 Å². The molecule has 0 atom stereocenters. The maximum atomic E-state index is 11.8. The second kappa shape index (κ2) is 6.12. The summed E-state index contributed by atoms with van der Waals surface area (Å²) >= 11 is 0.